The van der Waals surface area contributed by atoms with Crippen molar-refractivity contribution in [3.05, 3.63) is 96.1 Å². The summed E-state index contributed by atoms with van der Waals surface area (Å²) in [5, 5.41) is 0. The maximum atomic E-state index is 12.4. The Morgan fingerprint density at radius 3 is 1.39 bits per heavy atom. The number of alkyl halides is 6. The van der Waals surface area contributed by atoms with Crippen LogP contribution in [0.1, 0.15) is 13.8 Å². The standard InChI is InChI=1S/C26H22F6N2O2/c1-3-7-19(13-15-33-21-9-5-11-23(17-21)35-25(27,28)29)20(8-4-2)14-16-34-22-10-6-12-24(18-22)36-26(30,31)32/h3-18H,1-2H3/b7-3-,8-4-,19-13-,20-14+,33-15?,34-16?. The number of allylic oxidation sites excluding steroid dienone is 8. The Hall–Kier alpha value is -4.08. The number of benzene rings is 2. The third-order valence-corrected chi connectivity index (χ3v) is 4.08. The molecule has 0 spiro atoms. The zero-order valence-electron chi connectivity index (χ0n) is 19.2. The molecule has 0 fully saturated rings. The fourth-order valence-electron chi connectivity index (χ4n) is 2.78. The molecule has 0 radical (unpaired) electrons. The van der Waals surface area contributed by atoms with Crippen LogP contribution in [0.5, 0.6) is 11.5 Å². The van der Waals surface area contributed by atoms with Crippen LogP contribution < -0.4 is 9.47 Å². The first-order valence-electron chi connectivity index (χ1n) is 10.4. The molecule has 0 unspecified atom stereocenters. The number of nitrogens with zero attached hydrogens (tertiary/aromatic N) is 2. The van der Waals surface area contributed by atoms with Gasteiger partial charge in [0.2, 0.25) is 0 Å². The van der Waals surface area contributed by atoms with E-state index in [4.69, 9.17) is 0 Å². The minimum Gasteiger partial charge on any atom is -0.406 e. The van der Waals surface area contributed by atoms with Crippen LogP contribution >= 0.6 is 0 Å². The third kappa shape index (κ3) is 10.9. The molecule has 0 aliphatic rings. The lowest BCUT2D eigenvalue weighted by Crippen LogP contribution is -2.16. The second kappa shape index (κ2) is 13.1. The minimum absolute atomic E-state index is 0.256. The van der Waals surface area contributed by atoms with Gasteiger partial charge in [-0.15, -0.1) is 26.3 Å². The van der Waals surface area contributed by atoms with Crippen molar-refractivity contribution < 1.29 is 35.8 Å². The van der Waals surface area contributed by atoms with E-state index in [1.165, 1.54) is 48.8 Å². The number of hydrogen-bond acceptors (Lipinski definition) is 4. The molecule has 36 heavy (non-hydrogen) atoms. The van der Waals surface area contributed by atoms with Crippen molar-refractivity contribution in [2.75, 3.05) is 0 Å². The fourth-order valence-corrected chi connectivity index (χ4v) is 2.78. The van der Waals surface area contributed by atoms with Crippen molar-refractivity contribution in [3.8, 4) is 11.5 Å². The Labute approximate surface area is 204 Å². The number of halogens is 6. The second-order valence-corrected chi connectivity index (χ2v) is 6.89. The molecular weight excluding hydrogens is 486 g/mol. The predicted molar refractivity (Wildman–Crippen MR) is 128 cm³/mol. The van der Waals surface area contributed by atoms with Crippen LogP contribution in [-0.2, 0) is 0 Å². The molecular formula is C26H22F6N2O2. The SMILES string of the molecule is C\C=C/C(=C/C=Nc1cccc(OC(F)(F)F)c1)C(/C=C\C)=C/C=Nc1cccc(OC(F)(F)F)c1. The fraction of sp³-hybridized carbons (Fsp3) is 0.154. The van der Waals surface area contributed by atoms with Crippen LogP contribution in [-0.4, -0.2) is 25.2 Å². The van der Waals surface area contributed by atoms with Gasteiger partial charge in [-0.1, -0.05) is 36.4 Å². The van der Waals surface area contributed by atoms with Crippen molar-refractivity contribution in [2.24, 2.45) is 9.98 Å². The summed E-state index contributed by atoms with van der Waals surface area (Å²) in [4.78, 5) is 8.31. The van der Waals surface area contributed by atoms with Gasteiger partial charge < -0.3 is 9.47 Å². The highest BCUT2D eigenvalue weighted by atomic mass is 19.4. The highest BCUT2D eigenvalue weighted by Crippen LogP contribution is 2.27. The molecule has 0 bridgehead atoms. The van der Waals surface area contributed by atoms with Gasteiger partial charge in [0.15, 0.2) is 0 Å². The van der Waals surface area contributed by atoms with E-state index in [1.54, 1.807) is 50.3 Å². The molecule has 4 nitrogen and oxygen atoms in total. The van der Waals surface area contributed by atoms with Crippen LogP contribution in [0.2, 0.25) is 0 Å². The smallest absolute Gasteiger partial charge is 0.406 e. The summed E-state index contributed by atoms with van der Waals surface area (Å²) in [5.41, 5.74) is 1.91. The van der Waals surface area contributed by atoms with Crippen LogP contribution in [0.15, 0.2) is 106 Å². The van der Waals surface area contributed by atoms with Crippen LogP contribution in [0, 0.1) is 0 Å². The molecule has 2 aromatic carbocycles. The van der Waals surface area contributed by atoms with Gasteiger partial charge in [-0.05, 0) is 61.4 Å². The lowest BCUT2D eigenvalue weighted by Gasteiger charge is -2.08. The maximum Gasteiger partial charge on any atom is 0.573 e. The van der Waals surface area contributed by atoms with E-state index < -0.39 is 12.7 Å². The quantitative estimate of drug-likeness (QED) is 0.193. The zero-order valence-corrected chi connectivity index (χ0v) is 19.2. The van der Waals surface area contributed by atoms with Gasteiger partial charge >= 0.3 is 12.7 Å². The summed E-state index contributed by atoms with van der Waals surface area (Å²) in [5.74, 6) is -0.768. The van der Waals surface area contributed by atoms with E-state index in [0.717, 1.165) is 12.1 Å². The van der Waals surface area contributed by atoms with Crippen LogP contribution in [0.4, 0.5) is 37.7 Å². The molecule has 0 atom stereocenters. The lowest BCUT2D eigenvalue weighted by atomic mass is 10.0. The first kappa shape index (κ1) is 28.2. The molecule has 0 aliphatic heterocycles. The van der Waals surface area contributed by atoms with Gasteiger partial charge in [-0.2, -0.15) is 0 Å². The van der Waals surface area contributed by atoms with E-state index in [0.29, 0.717) is 11.1 Å². The highest BCUT2D eigenvalue weighted by molar-refractivity contribution is 5.82. The average molecular weight is 508 g/mol. The van der Waals surface area contributed by atoms with Crippen molar-refractivity contribution >= 4 is 23.8 Å². The highest BCUT2D eigenvalue weighted by Gasteiger charge is 2.31. The van der Waals surface area contributed by atoms with Crippen molar-refractivity contribution in [2.45, 2.75) is 26.6 Å². The first-order valence-corrected chi connectivity index (χ1v) is 10.4. The molecule has 190 valence electrons. The summed E-state index contributed by atoms with van der Waals surface area (Å²) < 4.78 is 82.3. The molecule has 0 amide bonds. The summed E-state index contributed by atoms with van der Waals surface area (Å²) in [6.45, 7) is 3.60. The Morgan fingerprint density at radius 2 is 1.06 bits per heavy atom. The third-order valence-electron chi connectivity index (χ3n) is 4.08. The van der Waals surface area contributed by atoms with Crippen molar-refractivity contribution in [1.82, 2.24) is 0 Å². The Bertz CT molecular complexity index is 1100. The Balaban J connectivity index is 2.26. The molecule has 0 N–H and O–H groups in total. The lowest BCUT2D eigenvalue weighted by molar-refractivity contribution is -0.275. The first-order chi connectivity index (χ1) is 17.0. The van der Waals surface area contributed by atoms with Gasteiger partial charge in [0.25, 0.3) is 0 Å². The second-order valence-electron chi connectivity index (χ2n) is 6.89. The number of hydrogen-bond donors (Lipinski definition) is 0. The summed E-state index contributed by atoms with van der Waals surface area (Å²) in [6, 6.07) is 10.5. The summed E-state index contributed by atoms with van der Waals surface area (Å²) >= 11 is 0. The average Bonchev–Trinajstić information content (AvgIpc) is 2.76. The van der Waals surface area contributed by atoms with E-state index in [9.17, 15) is 26.3 Å². The van der Waals surface area contributed by atoms with Crippen molar-refractivity contribution in [3.63, 3.8) is 0 Å². The normalized spacial score (nSPS) is 14.0. The molecule has 2 aromatic rings. The van der Waals surface area contributed by atoms with E-state index in [2.05, 4.69) is 19.5 Å². The summed E-state index contributed by atoms with van der Waals surface area (Å²) in [7, 11) is 0. The van der Waals surface area contributed by atoms with Gasteiger partial charge in [-0.25, -0.2) is 0 Å². The number of aliphatic imine (C=N–C) groups is 2. The maximum absolute atomic E-state index is 12.4. The minimum atomic E-state index is -4.80. The van der Waals surface area contributed by atoms with Gasteiger partial charge in [-0.3, -0.25) is 9.98 Å². The molecule has 0 aromatic heterocycles. The van der Waals surface area contributed by atoms with Gasteiger partial charge in [0.1, 0.15) is 11.5 Å². The Morgan fingerprint density at radius 1 is 0.667 bits per heavy atom. The Kier molecular flexibility index (Phi) is 10.3. The van der Waals surface area contributed by atoms with Crippen LogP contribution in [0.25, 0.3) is 0 Å². The topological polar surface area (TPSA) is 43.2 Å². The van der Waals surface area contributed by atoms with Gasteiger partial charge in [0, 0.05) is 24.6 Å². The predicted octanol–water partition coefficient (Wildman–Crippen LogP) is 8.59. The largest absolute Gasteiger partial charge is 0.573 e. The molecule has 0 saturated carbocycles. The summed E-state index contributed by atoms with van der Waals surface area (Å²) in [6.07, 6.45) is 3.67. The molecule has 0 aliphatic carbocycles. The number of ether oxygens (including phenoxy) is 2. The van der Waals surface area contributed by atoms with Crippen LogP contribution in [0.3, 0.4) is 0 Å². The van der Waals surface area contributed by atoms with E-state index in [1.807, 2.05) is 0 Å². The molecule has 0 saturated heterocycles. The van der Waals surface area contributed by atoms with Crippen molar-refractivity contribution in [1.29, 1.82) is 0 Å². The molecule has 0 heterocycles. The van der Waals surface area contributed by atoms with E-state index >= 15 is 0 Å². The zero-order chi connectivity index (χ0) is 26.6. The number of rotatable bonds is 9. The van der Waals surface area contributed by atoms with Gasteiger partial charge in [0.05, 0.1) is 11.4 Å². The molecule has 10 heteroatoms. The monoisotopic (exact) mass is 508 g/mol. The van der Waals surface area contributed by atoms with E-state index in [-0.39, 0.29) is 22.9 Å². The molecule has 2 rings (SSSR count).